The van der Waals surface area contributed by atoms with E-state index in [1.807, 2.05) is 19.9 Å². The van der Waals surface area contributed by atoms with E-state index in [1.54, 1.807) is 17.0 Å². The van der Waals surface area contributed by atoms with Gasteiger partial charge in [0.05, 0.1) is 35.2 Å². The standard InChI is InChI=1S/C23H24F4N6O/c1-14-5-6-19(33-30-7-8-31-33)17(10-14)22(34)32-9-3-4-15(2)20(32)13-29-21-18(24)11-16(12-28-21)23(25,26)27/h5-8,10-12,15,20H,3-4,9,13H2,1-2H3,(H,28,29). The van der Waals surface area contributed by atoms with E-state index in [-0.39, 0.29) is 30.2 Å². The van der Waals surface area contributed by atoms with Crippen LogP contribution in [-0.2, 0) is 6.18 Å². The number of hydrogen-bond acceptors (Lipinski definition) is 5. The van der Waals surface area contributed by atoms with E-state index < -0.39 is 17.6 Å². The zero-order valence-electron chi connectivity index (χ0n) is 18.7. The Balaban J connectivity index is 1.58. The van der Waals surface area contributed by atoms with Crippen molar-refractivity contribution in [3.8, 4) is 5.69 Å². The maximum Gasteiger partial charge on any atom is 0.417 e. The molecule has 1 saturated heterocycles. The first kappa shape index (κ1) is 23.7. The predicted molar refractivity (Wildman–Crippen MR) is 117 cm³/mol. The summed E-state index contributed by atoms with van der Waals surface area (Å²) in [6.45, 7) is 4.52. The molecule has 2 aromatic heterocycles. The van der Waals surface area contributed by atoms with Crippen LogP contribution in [0.25, 0.3) is 5.69 Å². The van der Waals surface area contributed by atoms with Crippen molar-refractivity contribution in [1.29, 1.82) is 0 Å². The number of alkyl halides is 3. The van der Waals surface area contributed by atoms with Crippen LogP contribution in [0.15, 0.2) is 42.9 Å². The minimum Gasteiger partial charge on any atom is -0.366 e. The summed E-state index contributed by atoms with van der Waals surface area (Å²) in [4.78, 5) is 20.4. The lowest BCUT2D eigenvalue weighted by Crippen LogP contribution is -2.51. The zero-order chi connectivity index (χ0) is 24.5. The average molecular weight is 476 g/mol. The lowest BCUT2D eigenvalue weighted by molar-refractivity contribution is -0.138. The topological polar surface area (TPSA) is 75.9 Å². The smallest absolute Gasteiger partial charge is 0.366 e. The van der Waals surface area contributed by atoms with Crippen LogP contribution in [0.1, 0.15) is 41.3 Å². The molecule has 0 aliphatic carbocycles. The largest absolute Gasteiger partial charge is 0.417 e. The highest BCUT2D eigenvalue weighted by atomic mass is 19.4. The van der Waals surface area contributed by atoms with E-state index in [0.717, 1.165) is 18.4 Å². The van der Waals surface area contributed by atoms with Crippen LogP contribution in [0.4, 0.5) is 23.4 Å². The molecular weight excluding hydrogens is 452 g/mol. The van der Waals surface area contributed by atoms with Crippen LogP contribution < -0.4 is 5.32 Å². The van der Waals surface area contributed by atoms with Crippen LogP contribution in [-0.4, -0.2) is 49.9 Å². The minimum atomic E-state index is -4.68. The molecule has 0 spiro atoms. The van der Waals surface area contributed by atoms with Gasteiger partial charge in [0.25, 0.3) is 5.91 Å². The number of aromatic nitrogens is 4. The first-order chi connectivity index (χ1) is 16.1. The summed E-state index contributed by atoms with van der Waals surface area (Å²) in [5, 5.41) is 11.1. The van der Waals surface area contributed by atoms with Gasteiger partial charge in [-0.1, -0.05) is 18.6 Å². The summed E-state index contributed by atoms with van der Waals surface area (Å²) in [6.07, 6.45) is 0.625. The van der Waals surface area contributed by atoms with Gasteiger partial charge in [-0.3, -0.25) is 4.79 Å². The van der Waals surface area contributed by atoms with Crippen molar-refractivity contribution in [3.05, 3.63) is 65.4 Å². The third-order valence-corrected chi connectivity index (χ3v) is 6.04. The Morgan fingerprint density at radius 2 is 1.94 bits per heavy atom. The molecule has 0 bridgehead atoms. The Labute approximate surface area is 193 Å². The molecule has 3 aromatic rings. The maximum absolute atomic E-state index is 14.3. The number of aryl methyl sites for hydroxylation is 1. The fraction of sp³-hybridized carbons (Fsp3) is 0.391. The Morgan fingerprint density at radius 3 is 2.62 bits per heavy atom. The second-order valence-corrected chi connectivity index (χ2v) is 8.46. The first-order valence-corrected chi connectivity index (χ1v) is 10.9. The van der Waals surface area contributed by atoms with Gasteiger partial charge in [0.15, 0.2) is 11.6 Å². The van der Waals surface area contributed by atoms with Gasteiger partial charge >= 0.3 is 6.18 Å². The number of likely N-dealkylation sites (tertiary alicyclic amines) is 1. The highest BCUT2D eigenvalue weighted by Gasteiger charge is 2.35. The second kappa shape index (κ2) is 9.40. The molecule has 1 aliphatic heterocycles. The Morgan fingerprint density at radius 1 is 1.21 bits per heavy atom. The van der Waals surface area contributed by atoms with Crippen LogP contribution in [0, 0.1) is 18.7 Å². The third-order valence-electron chi connectivity index (χ3n) is 6.04. The Bertz CT molecular complexity index is 1160. The molecule has 2 atom stereocenters. The Kier molecular flexibility index (Phi) is 6.54. The number of pyridine rings is 1. The van der Waals surface area contributed by atoms with E-state index in [1.165, 1.54) is 17.2 Å². The second-order valence-electron chi connectivity index (χ2n) is 8.46. The number of nitrogens with zero attached hydrogens (tertiary/aromatic N) is 5. The molecule has 1 aromatic carbocycles. The summed E-state index contributed by atoms with van der Waals surface area (Å²) in [6, 6.07) is 5.53. The minimum absolute atomic E-state index is 0.0822. The number of benzene rings is 1. The summed E-state index contributed by atoms with van der Waals surface area (Å²) in [7, 11) is 0. The van der Waals surface area contributed by atoms with Crippen LogP contribution in [0.3, 0.4) is 0 Å². The molecule has 1 aliphatic rings. The molecule has 34 heavy (non-hydrogen) atoms. The quantitative estimate of drug-likeness (QED) is 0.550. The fourth-order valence-corrected chi connectivity index (χ4v) is 4.23. The molecule has 4 rings (SSSR count). The number of carbonyl (C=O) groups is 1. The molecule has 1 fully saturated rings. The van der Waals surface area contributed by atoms with Crippen molar-refractivity contribution in [1.82, 2.24) is 24.9 Å². The van der Waals surface area contributed by atoms with Gasteiger partial charge in [0, 0.05) is 19.3 Å². The normalized spacial score (nSPS) is 18.7. The van der Waals surface area contributed by atoms with E-state index >= 15 is 0 Å². The summed E-state index contributed by atoms with van der Waals surface area (Å²) < 4.78 is 52.7. The van der Waals surface area contributed by atoms with Crippen molar-refractivity contribution in [3.63, 3.8) is 0 Å². The molecule has 11 heteroatoms. The van der Waals surface area contributed by atoms with Gasteiger partial charge in [-0.2, -0.15) is 28.2 Å². The summed E-state index contributed by atoms with van der Waals surface area (Å²) >= 11 is 0. The van der Waals surface area contributed by atoms with Crippen LogP contribution in [0.5, 0.6) is 0 Å². The van der Waals surface area contributed by atoms with E-state index in [2.05, 4.69) is 20.5 Å². The Hall–Kier alpha value is -3.50. The zero-order valence-corrected chi connectivity index (χ0v) is 18.7. The number of hydrogen-bond donors (Lipinski definition) is 1. The van der Waals surface area contributed by atoms with Gasteiger partial charge in [-0.15, -0.1) is 0 Å². The number of amides is 1. The highest BCUT2D eigenvalue weighted by molar-refractivity contribution is 5.98. The van der Waals surface area contributed by atoms with Gasteiger partial charge in [-0.05, 0) is 43.9 Å². The maximum atomic E-state index is 14.3. The molecule has 0 radical (unpaired) electrons. The monoisotopic (exact) mass is 476 g/mol. The van der Waals surface area contributed by atoms with E-state index in [9.17, 15) is 22.4 Å². The molecule has 7 nitrogen and oxygen atoms in total. The fourth-order valence-electron chi connectivity index (χ4n) is 4.23. The van der Waals surface area contributed by atoms with Crippen molar-refractivity contribution in [2.75, 3.05) is 18.4 Å². The SMILES string of the molecule is Cc1ccc(-n2nccn2)c(C(=O)N2CCCC(C)C2CNc2ncc(C(F)(F)F)cc2F)c1. The lowest BCUT2D eigenvalue weighted by atomic mass is 9.89. The number of carbonyl (C=O) groups excluding carboxylic acids is 1. The summed E-state index contributed by atoms with van der Waals surface area (Å²) in [5.41, 5.74) is 0.725. The van der Waals surface area contributed by atoms with Crippen LogP contribution in [0.2, 0.25) is 0 Å². The number of nitrogens with one attached hydrogen (secondary N) is 1. The van der Waals surface area contributed by atoms with Gasteiger partial charge in [0.2, 0.25) is 0 Å². The molecule has 0 saturated carbocycles. The number of halogens is 4. The first-order valence-electron chi connectivity index (χ1n) is 10.9. The average Bonchev–Trinajstić information content (AvgIpc) is 3.32. The number of piperidine rings is 1. The molecular formula is C23H24F4N6O. The van der Waals surface area contributed by atoms with Crippen molar-refractivity contribution in [2.45, 2.75) is 38.9 Å². The number of rotatable bonds is 5. The predicted octanol–water partition coefficient (Wildman–Crippen LogP) is 4.48. The molecule has 2 unspecified atom stereocenters. The van der Waals surface area contributed by atoms with Crippen molar-refractivity contribution < 1.29 is 22.4 Å². The van der Waals surface area contributed by atoms with Crippen molar-refractivity contribution >= 4 is 11.7 Å². The lowest BCUT2D eigenvalue weighted by Gasteiger charge is -2.40. The summed E-state index contributed by atoms with van der Waals surface area (Å²) in [5.74, 6) is -1.51. The highest BCUT2D eigenvalue weighted by Crippen LogP contribution is 2.31. The molecule has 3 heterocycles. The van der Waals surface area contributed by atoms with Crippen LogP contribution >= 0.6 is 0 Å². The van der Waals surface area contributed by atoms with Gasteiger partial charge < -0.3 is 10.2 Å². The molecule has 1 amide bonds. The van der Waals surface area contributed by atoms with Crippen molar-refractivity contribution in [2.24, 2.45) is 5.92 Å². The van der Waals surface area contributed by atoms with Gasteiger partial charge in [-0.25, -0.2) is 9.37 Å². The molecule has 180 valence electrons. The van der Waals surface area contributed by atoms with E-state index in [4.69, 9.17) is 0 Å². The third kappa shape index (κ3) is 4.87. The molecule has 1 N–H and O–H groups in total. The number of anilines is 1. The van der Waals surface area contributed by atoms with E-state index in [0.29, 0.717) is 30.1 Å². The van der Waals surface area contributed by atoms with Gasteiger partial charge in [0.1, 0.15) is 0 Å².